The van der Waals surface area contributed by atoms with Gasteiger partial charge in [0.05, 0.1) is 86.2 Å². The minimum absolute atomic E-state index is 0.0609. The van der Waals surface area contributed by atoms with Crippen LogP contribution in [-0.4, -0.2) is 86.7 Å². The van der Waals surface area contributed by atoms with Gasteiger partial charge in [0.15, 0.2) is 9.84 Å². The van der Waals surface area contributed by atoms with Crippen LogP contribution in [0, 0.1) is 17.0 Å². The van der Waals surface area contributed by atoms with E-state index < -0.39 is 103 Å². The minimum Gasteiger partial charge on any atom is -0.593 e. The number of ether oxygens (including phenoxy) is 1. The molecule has 4 aliphatic rings. The van der Waals surface area contributed by atoms with Crippen LogP contribution in [0.4, 0.5) is 32.2 Å². The number of aromatic nitrogens is 3. The zero-order chi connectivity index (χ0) is 45.9. The first-order chi connectivity index (χ1) is 30.2. The van der Waals surface area contributed by atoms with E-state index in [4.69, 9.17) is 31.8 Å². The van der Waals surface area contributed by atoms with Gasteiger partial charge in [0, 0.05) is 42.0 Å². The quantitative estimate of drug-likeness (QED) is 0.0436. The summed E-state index contributed by atoms with van der Waals surface area (Å²) < 4.78 is 135. The fourth-order valence-electron chi connectivity index (χ4n) is 7.87. The minimum atomic E-state index is -3.64. The van der Waals surface area contributed by atoms with Crippen molar-refractivity contribution in [3.05, 3.63) is 93.4 Å². The number of carbonyl (C=O) groups is 1. The fraction of sp³-hybridized carbons (Fsp3) is 0.442. The van der Waals surface area contributed by atoms with Gasteiger partial charge in [-0.15, -0.1) is 5.10 Å². The Morgan fingerprint density at radius 2 is 1.78 bits per heavy atom. The number of nitrogens with zero attached hydrogens (tertiary/aromatic N) is 3. The molecule has 2 atom stereocenters. The van der Waals surface area contributed by atoms with Gasteiger partial charge in [-0.1, -0.05) is 29.8 Å². The van der Waals surface area contributed by atoms with Crippen LogP contribution in [0.25, 0.3) is 28.1 Å². The van der Waals surface area contributed by atoms with Crippen molar-refractivity contribution in [1.29, 1.82) is 5.41 Å². The topological polar surface area (TPSA) is 174 Å². The molecule has 0 bridgehead atoms. The van der Waals surface area contributed by atoms with Crippen LogP contribution >= 0.6 is 11.6 Å². The molecule has 3 fully saturated rings. The third-order valence-corrected chi connectivity index (χ3v) is 16.5. The number of anilines is 1. The number of hydrogen-bond acceptors (Lipinski definition) is 10. The van der Waals surface area contributed by atoms with Gasteiger partial charge < -0.3 is 19.9 Å². The Balaban J connectivity index is 1.26. The zero-order valence-electron chi connectivity index (χ0n) is 34.5. The Labute approximate surface area is 373 Å². The van der Waals surface area contributed by atoms with Crippen molar-refractivity contribution in [3.8, 4) is 11.1 Å². The van der Waals surface area contributed by atoms with Crippen molar-refractivity contribution >= 4 is 67.2 Å². The van der Waals surface area contributed by atoms with E-state index in [2.05, 4.69) is 15.4 Å². The van der Waals surface area contributed by atoms with Crippen molar-refractivity contribution in [2.24, 2.45) is 0 Å². The van der Waals surface area contributed by atoms with Crippen molar-refractivity contribution in [2.45, 2.75) is 98.5 Å². The Morgan fingerprint density at radius 1 is 1.09 bits per heavy atom. The summed E-state index contributed by atoms with van der Waals surface area (Å²) in [5.41, 5.74) is -1.25. The van der Waals surface area contributed by atoms with Gasteiger partial charge in [0.2, 0.25) is 11.7 Å². The lowest BCUT2D eigenvalue weighted by molar-refractivity contribution is -0.121. The fourth-order valence-corrected chi connectivity index (χ4v) is 11.0. The maximum atomic E-state index is 15.0. The number of fused-ring (bicyclic) bond motifs is 1. The zero-order valence-corrected chi connectivity index (χ0v) is 36.9. The molecule has 1 aliphatic heterocycles. The highest BCUT2D eigenvalue weighted by atomic mass is 35.5. The third kappa shape index (κ3) is 9.39. The van der Waals surface area contributed by atoms with Crippen molar-refractivity contribution in [3.63, 3.8) is 0 Å². The molecule has 4 N–H and O–H groups in total. The SMILES string of the molecule is CC(C)(/C=C\c1ccc(-c2ccc(Cl)c3c(N[S+]([O-])C4CC4)nn(C4COC4)c23)c([C@H](Cc2cc(F)cc(F)c2)NC(=O)CNC2=C(C(=N)C(F)F)CCC2(F)F)n1)S(=O)(=O)C1CC1. The second-order valence-corrected chi connectivity index (χ2v) is 21.7. The van der Waals surface area contributed by atoms with Crippen LogP contribution in [0.1, 0.15) is 81.4 Å². The van der Waals surface area contributed by atoms with Crippen LogP contribution in [0.15, 0.2) is 59.8 Å². The maximum absolute atomic E-state index is 15.0. The first-order valence-corrected chi connectivity index (χ1v) is 23.7. The highest BCUT2D eigenvalue weighted by molar-refractivity contribution is 7.94. The first-order valence-electron chi connectivity index (χ1n) is 20.6. The van der Waals surface area contributed by atoms with Crippen LogP contribution in [0.5, 0.6) is 0 Å². The number of amides is 1. The van der Waals surface area contributed by atoms with E-state index >= 15 is 8.78 Å². The molecule has 3 heterocycles. The monoisotopic (exact) mass is 951 g/mol. The summed E-state index contributed by atoms with van der Waals surface area (Å²) in [4.78, 5) is 18.9. The molecular formula is C43H44ClF6N7O5S2. The Hall–Kier alpha value is -4.63. The number of sulfone groups is 1. The molecule has 4 aromatic rings. The molecular weight excluding hydrogens is 908 g/mol. The standard InChI is InChI=1S/C43H44ClF6N7O5S2/c1-42(2,64(60,61)28-6-7-28)13-11-25-3-8-29(30-9-10-32(44)35-38(30)57(26-20-62-21-26)55-41(35)56-63(59)27-4-5-27)37(53-25)33(17-22-15-23(45)18-24(46)16-22)54-34(58)19-52-39-31(36(51)40(47)48)12-14-43(39,49)50/h3,8-11,13,15-16,18,26-28,33,40,51-52H,4-7,12,14,17,19-21H2,1-2H3,(H,54,58)(H,55,56)/b13-11-,51-36?/t33-,63?/m0/s1. The predicted octanol–water partition coefficient (Wildman–Crippen LogP) is 8.17. The number of alkyl halides is 4. The van der Waals surface area contributed by atoms with Gasteiger partial charge in [-0.2, -0.15) is 13.5 Å². The van der Waals surface area contributed by atoms with Gasteiger partial charge in [0.1, 0.15) is 22.6 Å². The molecule has 3 aliphatic carbocycles. The first kappa shape index (κ1) is 45.9. The van der Waals surface area contributed by atoms with Gasteiger partial charge >= 0.3 is 0 Å². The second kappa shape index (κ2) is 17.6. The number of hydrogen-bond donors (Lipinski definition) is 4. The number of carbonyl (C=O) groups excluding carboxylic acids is 1. The van der Waals surface area contributed by atoms with E-state index in [9.17, 15) is 35.3 Å². The van der Waals surface area contributed by atoms with Crippen molar-refractivity contribution in [2.75, 3.05) is 24.5 Å². The molecule has 8 rings (SSSR count). The van der Waals surface area contributed by atoms with Crippen LogP contribution in [-0.2, 0) is 37.2 Å². The number of pyridine rings is 1. The maximum Gasteiger partial charge on any atom is 0.287 e. The summed E-state index contributed by atoms with van der Waals surface area (Å²) >= 11 is 5.39. The number of rotatable bonds is 18. The predicted molar refractivity (Wildman–Crippen MR) is 232 cm³/mol. The summed E-state index contributed by atoms with van der Waals surface area (Å²) in [7, 11) is -3.58. The van der Waals surface area contributed by atoms with E-state index in [1.807, 2.05) is 0 Å². The lowest BCUT2D eigenvalue weighted by Gasteiger charge is -2.28. The molecule has 21 heteroatoms. The van der Waals surface area contributed by atoms with E-state index in [0.29, 0.717) is 40.9 Å². The molecule has 2 aromatic heterocycles. The number of benzene rings is 2. The molecule has 1 unspecified atom stereocenters. The summed E-state index contributed by atoms with van der Waals surface area (Å²) in [5, 5.41) is 17.7. The number of halogens is 7. The molecule has 2 saturated carbocycles. The van der Waals surface area contributed by atoms with E-state index in [-0.39, 0.29) is 58.7 Å². The molecule has 342 valence electrons. The highest BCUT2D eigenvalue weighted by Gasteiger charge is 2.46. The normalized spacial score (nSPS) is 19.0. The summed E-state index contributed by atoms with van der Waals surface area (Å²) in [6.07, 6.45) is 0.604. The third-order valence-electron chi connectivity index (χ3n) is 11.7. The molecule has 1 saturated heterocycles. The van der Waals surface area contributed by atoms with Crippen LogP contribution < -0.4 is 15.4 Å². The molecule has 0 spiro atoms. The average molecular weight is 952 g/mol. The van der Waals surface area contributed by atoms with Crippen LogP contribution in [0.2, 0.25) is 5.02 Å². The van der Waals surface area contributed by atoms with Crippen molar-refractivity contribution in [1.82, 2.24) is 25.4 Å². The Kier molecular flexibility index (Phi) is 12.7. The number of allylic oxidation sites excluding steroid dienone is 2. The van der Waals surface area contributed by atoms with Gasteiger partial charge in [-0.3, -0.25) is 19.9 Å². The summed E-state index contributed by atoms with van der Waals surface area (Å²) in [6, 6.07) is 7.73. The molecule has 64 heavy (non-hydrogen) atoms. The number of nitrogens with one attached hydrogen (secondary N) is 4. The lowest BCUT2D eigenvalue weighted by Crippen LogP contribution is -2.40. The highest BCUT2D eigenvalue weighted by Crippen LogP contribution is 2.44. The molecule has 12 nitrogen and oxygen atoms in total. The molecule has 1 amide bonds. The Morgan fingerprint density at radius 3 is 2.41 bits per heavy atom. The van der Waals surface area contributed by atoms with Gasteiger partial charge in [-0.05, 0) is 75.4 Å². The van der Waals surface area contributed by atoms with Gasteiger partial charge in [-0.25, -0.2) is 26.0 Å². The van der Waals surface area contributed by atoms with E-state index in [0.717, 1.165) is 25.0 Å². The summed E-state index contributed by atoms with van der Waals surface area (Å²) in [6.45, 7) is 2.82. The lowest BCUT2D eigenvalue weighted by atomic mass is 9.93. The Bertz CT molecular complexity index is 2670. The van der Waals surface area contributed by atoms with Gasteiger partial charge in [0.25, 0.3) is 12.3 Å². The smallest absolute Gasteiger partial charge is 0.287 e. The largest absolute Gasteiger partial charge is 0.593 e. The second-order valence-electron chi connectivity index (χ2n) is 17.0. The van der Waals surface area contributed by atoms with E-state index in [1.54, 1.807) is 42.8 Å². The van der Waals surface area contributed by atoms with Crippen molar-refractivity contribution < 1.29 is 48.8 Å². The molecule has 0 radical (unpaired) electrons. The van der Waals surface area contributed by atoms with Crippen LogP contribution in [0.3, 0.4) is 0 Å². The van der Waals surface area contributed by atoms with E-state index in [1.165, 1.54) is 12.2 Å². The molecule has 2 aromatic carbocycles. The summed E-state index contributed by atoms with van der Waals surface area (Å²) in [5.74, 6) is -6.19. The average Bonchev–Trinajstić information content (AvgIpc) is 4.14.